The lowest BCUT2D eigenvalue weighted by Gasteiger charge is -2.02. The highest BCUT2D eigenvalue weighted by atomic mass is 16.6. The largest absolute Gasteiger partial charge is 0.402 e. The number of carbonyl (C=O) groups is 2. The van der Waals surface area contributed by atoms with Crippen molar-refractivity contribution in [3.05, 3.63) is 89.8 Å². The van der Waals surface area contributed by atoms with Crippen LogP contribution in [0.3, 0.4) is 0 Å². The smallest absolute Gasteiger partial charge is 0.363 e. The molecule has 0 saturated heterocycles. The molecule has 0 atom stereocenters. The molecule has 1 aliphatic rings. The molecule has 0 amide bonds. The maximum Gasteiger partial charge on any atom is 0.363 e. The molecule has 0 unspecified atom stereocenters. The number of hydrogen-bond acceptors (Lipinski definition) is 4. The molecule has 0 aliphatic carbocycles. The van der Waals surface area contributed by atoms with E-state index in [1.165, 1.54) is 6.92 Å². The van der Waals surface area contributed by atoms with Crippen LogP contribution in [0.4, 0.5) is 0 Å². The molecule has 0 bridgehead atoms. The molecule has 3 aromatic carbocycles. The number of rotatable bonds is 2. The molecule has 140 valence electrons. The summed E-state index contributed by atoms with van der Waals surface area (Å²) in [5.74, 6) is -0.408. The highest BCUT2D eigenvalue weighted by Gasteiger charge is 2.25. The molecular weight excluding hydrogens is 364 g/mol. The second-order valence-corrected chi connectivity index (χ2v) is 6.88. The molecule has 2 heterocycles. The number of esters is 1. The van der Waals surface area contributed by atoms with E-state index in [2.05, 4.69) is 4.99 Å². The van der Waals surface area contributed by atoms with Crippen LogP contribution in [0.2, 0.25) is 0 Å². The first-order valence-electron chi connectivity index (χ1n) is 9.23. The number of benzene rings is 3. The molecule has 29 heavy (non-hydrogen) atoms. The first-order chi connectivity index (χ1) is 14.1. The van der Waals surface area contributed by atoms with E-state index in [1.807, 2.05) is 72.8 Å². The molecule has 0 N–H and O–H groups in total. The third-order valence-electron chi connectivity index (χ3n) is 4.96. The molecule has 1 aromatic heterocycles. The van der Waals surface area contributed by atoms with E-state index in [0.29, 0.717) is 5.69 Å². The summed E-state index contributed by atoms with van der Waals surface area (Å²) in [6, 6.07) is 23.2. The van der Waals surface area contributed by atoms with Crippen LogP contribution in [0.5, 0.6) is 0 Å². The first-order valence-corrected chi connectivity index (χ1v) is 9.23. The number of aliphatic imine (C=N–C) groups is 1. The maximum absolute atomic E-state index is 12.4. The number of aromatic nitrogens is 1. The minimum Gasteiger partial charge on any atom is -0.402 e. The van der Waals surface area contributed by atoms with Crippen molar-refractivity contribution in [3.8, 4) is 0 Å². The van der Waals surface area contributed by atoms with Gasteiger partial charge in [0.2, 0.25) is 11.8 Å². The lowest BCUT2D eigenvalue weighted by Crippen LogP contribution is -2.08. The predicted molar refractivity (Wildman–Crippen MR) is 113 cm³/mol. The standard InChI is InChI=1S/C24H16N2O3/c1-15(27)26-20(13-18-8-4-5-9-22(18)26)14-21-24(28)29-23(25-21)19-11-10-16-6-2-3-7-17(16)12-19/h2-14H,1H3/b21-14-. The summed E-state index contributed by atoms with van der Waals surface area (Å²) in [5, 5.41) is 3.06. The Balaban J connectivity index is 1.59. The van der Waals surface area contributed by atoms with Crippen LogP contribution in [-0.4, -0.2) is 22.3 Å². The second kappa shape index (κ2) is 6.56. The molecule has 4 aromatic rings. The highest BCUT2D eigenvalue weighted by molar-refractivity contribution is 6.14. The first kappa shape index (κ1) is 17.1. The molecule has 5 rings (SSSR count). The van der Waals surface area contributed by atoms with Crippen LogP contribution in [0.25, 0.3) is 27.8 Å². The normalized spacial score (nSPS) is 15.1. The van der Waals surface area contributed by atoms with Crippen LogP contribution in [0.15, 0.2) is 83.5 Å². The van der Waals surface area contributed by atoms with Crippen molar-refractivity contribution in [3.63, 3.8) is 0 Å². The summed E-state index contributed by atoms with van der Waals surface area (Å²) < 4.78 is 6.97. The summed E-state index contributed by atoms with van der Waals surface area (Å²) >= 11 is 0. The van der Waals surface area contributed by atoms with E-state index in [9.17, 15) is 9.59 Å². The van der Waals surface area contributed by atoms with Gasteiger partial charge in [0.25, 0.3) is 0 Å². The third kappa shape index (κ3) is 2.93. The van der Waals surface area contributed by atoms with Gasteiger partial charge in [-0.2, -0.15) is 0 Å². The fraction of sp³-hybridized carbons (Fsp3) is 0.0417. The van der Waals surface area contributed by atoms with Crippen molar-refractivity contribution in [2.24, 2.45) is 4.99 Å². The zero-order valence-corrected chi connectivity index (χ0v) is 15.6. The van der Waals surface area contributed by atoms with Crippen LogP contribution >= 0.6 is 0 Å². The molecule has 5 heteroatoms. The average molecular weight is 380 g/mol. The van der Waals surface area contributed by atoms with Gasteiger partial charge in [-0.1, -0.05) is 48.5 Å². The number of fused-ring (bicyclic) bond motifs is 2. The van der Waals surface area contributed by atoms with Gasteiger partial charge in [-0.05, 0) is 41.1 Å². The molecule has 0 spiro atoms. The van der Waals surface area contributed by atoms with E-state index in [1.54, 1.807) is 10.6 Å². The number of hydrogen-bond donors (Lipinski definition) is 0. The fourth-order valence-electron chi connectivity index (χ4n) is 3.63. The van der Waals surface area contributed by atoms with Gasteiger partial charge < -0.3 is 4.74 Å². The van der Waals surface area contributed by atoms with Gasteiger partial charge >= 0.3 is 5.97 Å². The van der Waals surface area contributed by atoms with E-state index < -0.39 is 5.97 Å². The van der Waals surface area contributed by atoms with Crippen LogP contribution in [0.1, 0.15) is 23.0 Å². The van der Waals surface area contributed by atoms with Crippen LogP contribution < -0.4 is 0 Å². The van der Waals surface area contributed by atoms with Crippen molar-refractivity contribution in [1.82, 2.24) is 4.57 Å². The van der Waals surface area contributed by atoms with Gasteiger partial charge in [0, 0.05) is 17.9 Å². The molecule has 0 saturated carbocycles. The number of cyclic esters (lactones) is 1. The zero-order valence-electron chi connectivity index (χ0n) is 15.6. The monoisotopic (exact) mass is 380 g/mol. The molecule has 5 nitrogen and oxygen atoms in total. The highest BCUT2D eigenvalue weighted by Crippen LogP contribution is 2.25. The van der Waals surface area contributed by atoms with E-state index >= 15 is 0 Å². The fourth-order valence-corrected chi connectivity index (χ4v) is 3.63. The quantitative estimate of drug-likeness (QED) is 0.371. The van der Waals surface area contributed by atoms with Gasteiger partial charge in [0.15, 0.2) is 5.70 Å². The molecular formula is C24H16N2O3. The number of nitrogens with zero attached hydrogens (tertiary/aromatic N) is 2. The topological polar surface area (TPSA) is 60.7 Å². The molecule has 1 aliphatic heterocycles. The Morgan fingerprint density at radius 1 is 0.931 bits per heavy atom. The van der Waals surface area contributed by atoms with Crippen LogP contribution in [0, 0.1) is 0 Å². The van der Waals surface area contributed by atoms with Crippen molar-refractivity contribution in [2.45, 2.75) is 6.92 Å². The van der Waals surface area contributed by atoms with Crippen molar-refractivity contribution in [1.29, 1.82) is 0 Å². The number of para-hydroxylation sites is 1. The van der Waals surface area contributed by atoms with Gasteiger partial charge in [-0.15, -0.1) is 0 Å². The molecule has 0 fully saturated rings. The maximum atomic E-state index is 12.4. The minimum absolute atomic E-state index is 0.136. The Labute approximate surface area is 166 Å². The lowest BCUT2D eigenvalue weighted by atomic mass is 10.1. The van der Waals surface area contributed by atoms with Crippen molar-refractivity contribution < 1.29 is 14.3 Å². The second-order valence-electron chi connectivity index (χ2n) is 6.88. The van der Waals surface area contributed by atoms with Crippen LogP contribution in [-0.2, 0) is 9.53 Å². The Kier molecular flexibility index (Phi) is 3.88. The van der Waals surface area contributed by atoms with Crippen molar-refractivity contribution in [2.75, 3.05) is 0 Å². The summed E-state index contributed by atoms with van der Waals surface area (Å²) in [7, 11) is 0. The van der Waals surface area contributed by atoms with Gasteiger partial charge in [-0.25, -0.2) is 9.79 Å². The van der Waals surface area contributed by atoms with Crippen molar-refractivity contribution >= 4 is 45.5 Å². The summed E-state index contributed by atoms with van der Waals surface area (Å²) in [6.45, 7) is 1.49. The average Bonchev–Trinajstić information content (AvgIpc) is 3.28. The van der Waals surface area contributed by atoms with Gasteiger partial charge in [0.05, 0.1) is 11.2 Å². The van der Waals surface area contributed by atoms with Gasteiger partial charge in [0.1, 0.15) is 0 Å². The Morgan fingerprint density at radius 2 is 1.66 bits per heavy atom. The Hall–Kier alpha value is -3.99. The molecule has 0 radical (unpaired) electrons. The summed E-state index contributed by atoms with van der Waals surface area (Å²) in [4.78, 5) is 29.0. The predicted octanol–water partition coefficient (Wildman–Crippen LogP) is 4.80. The zero-order chi connectivity index (χ0) is 20.0. The van der Waals surface area contributed by atoms with E-state index in [4.69, 9.17) is 4.74 Å². The number of ether oxygens (including phenoxy) is 1. The Morgan fingerprint density at radius 3 is 2.45 bits per heavy atom. The third-order valence-corrected chi connectivity index (χ3v) is 4.96. The summed E-state index contributed by atoms with van der Waals surface area (Å²) in [5.41, 5.74) is 2.28. The Bertz CT molecular complexity index is 1380. The SMILES string of the molecule is CC(=O)n1c(/C=C2\N=C(c3ccc4ccccc4c3)OC2=O)cc2ccccc21. The van der Waals surface area contributed by atoms with E-state index in [0.717, 1.165) is 27.2 Å². The lowest BCUT2D eigenvalue weighted by molar-refractivity contribution is -0.129. The van der Waals surface area contributed by atoms with Gasteiger partial charge in [-0.3, -0.25) is 9.36 Å². The minimum atomic E-state index is -0.534. The van der Waals surface area contributed by atoms with E-state index in [-0.39, 0.29) is 17.5 Å². The summed E-state index contributed by atoms with van der Waals surface area (Å²) in [6.07, 6.45) is 1.60. The number of carbonyl (C=O) groups excluding carboxylic acids is 2.